The fraction of sp³-hybridized carbons (Fsp3) is 0.486. The summed E-state index contributed by atoms with van der Waals surface area (Å²) in [5.41, 5.74) is 0.255. The lowest BCUT2D eigenvalue weighted by Crippen LogP contribution is -2.60. The Hall–Kier alpha value is -4.32. The molecule has 0 aliphatic carbocycles. The van der Waals surface area contributed by atoms with Crippen molar-refractivity contribution in [3.8, 4) is 23.0 Å². The topological polar surface area (TPSA) is 113 Å². The van der Waals surface area contributed by atoms with Gasteiger partial charge in [-0.2, -0.15) is 9.97 Å². The molecule has 6 bridgehead atoms. The van der Waals surface area contributed by atoms with Gasteiger partial charge in [0.25, 0.3) is 0 Å². The number of alkyl carbamates (subject to hydrolysis) is 1. The van der Waals surface area contributed by atoms with Gasteiger partial charge in [0.05, 0.1) is 29.6 Å². The van der Waals surface area contributed by atoms with Crippen LogP contribution in [-0.4, -0.2) is 87.7 Å². The van der Waals surface area contributed by atoms with Crippen LogP contribution < -0.4 is 15.0 Å². The number of benzene rings is 2. The van der Waals surface area contributed by atoms with Crippen molar-refractivity contribution in [2.24, 2.45) is 0 Å². The molecule has 12 heteroatoms. The fourth-order valence-corrected chi connectivity index (χ4v) is 8.36. The molecule has 2 aromatic carbocycles. The number of fused-ring (bicyclic) bond motifs is 7. The second-order valence-electron chi connectivity index (χ2n) is 13.8. The third-order valence-electron chi connectivity index (χ3n) is 10.4. The second-order valence-corrected chi connectivity index (χ2v) is 13.8. The van der Waals surface area contributed by atoms with Crippen LogP contribution in [0.25, 0.3) is 32.9 Å². The first-order valence-electron chi connectivity index (χ1n) is 16.5. The van der Waals surface area contributed by atoms with Gasteiger partial charge in [-0.05, 0) is 87.0 Å². The van der Waals surface area contributed by atoms with E-state index in [-0.39, 0.29) is 60.4 Å². The number of hydrogen-bond donors (Lipinski definition) is 2. The highest BCUT2D eigenvalue weighted by molar-refractivity contribution is 6.01. The van der Waals surface area contributed by atoms with Gasteiger partial charge in [-0.25, -0.2) is 13.6 Å². The van der Waals surface area contributed by atoms with E-state index < -0.39 is 23.6 Å². The van der Waals surface area contributed by atoms with Crippen molar-refractivity contribution in [3.05, 3.63) is 47.9 Å². The SMILES string of the molecule is CC12CC(F)CN(C1)c1nc(OCC34CCCN3CCC4)nc3c(F)c(ncc13)-c1cc(O)cc3cccc(c13)CCCOC(=O)N2. The number of carbonyl (C=O) groups excluding carboxylic acids is 1. The first-order chi connectivity index (χ1) is 22.7. The number of carbonyl (C=O) groups is 1. The number of nitrogens with zero attached hydrogens (tertiary/aromatic N) is 5. The Kier molecular flexibility index (Phi) is 7.31. The number of aryl methyl sites for hydroxylation is 1. The van der Waals surface area contributed by atoms with E-state index in [2.05, 4.69) is 20.2 Å². The number of halogens is 2. The minimum absolute atomic E-state index is 0.00413. The molecular weight excluding hydrogens is 606 g/mol. The molecule has 0 radical (unpaired) electrons. The molecule has 4 aromatic rings. The molecule has 5 aliphatic heterocycles. The van der Waals surface area contributed by atoms with Gasteiger partial charge < -0.3 is 24.8 Å². The molecule has 5 aliphatic rings. The van der Waals surface area contributed by atoms with E-state index in [1.165, 1.54) is 12.3 Å². The van der Waals surface area contributed by atoms with Crippen molar-refractivity contribution < 1.29 is 28.2 Å². The summed E-state index contributed by atoms with van der Waals surface area (Å²) in [5.74, 6) is -0.427. The van der Waals surface area contributed by atoms with E-state index in [9.17, 15) is 9.90 Å². The summed E-state index contributed by atoms with van der Waals surface area (Å²) in [7, 11) is 0. The van der Waals surface area contributed by atoms with Crippen molar-refractivity contribution in [2.75, 3.05) is 44.3 Å². The van der Waals surface area contributed by atoms with E-state index in [0.717, 1.165) is 55.1 Å². The number of alkyl halides is 1. The van der Waals surface area contributed by atoms with Crippen LogP contribution in [0.1, 0.15) is 51.0 Å². The van der Waals surface area contributed by atoms with Crippen LogP contribution in [0.4, 0.5) is 19.4 Å². The molecule has 2 aromatic heterocycles. The number of anilines is 1. The molecule has 0 saturated carbocycles. The van der Waals surface area contributed by atoms with Gasteiger partial charge in [0, 0.05) is 24.7 Å². The molecule has 7 heterocycles. The van der Waals surface area contributed by atoms with E-state index in [1.807, 2.05) is 18.2 Å². The predicted molar refractivity (Wildman–Crippen MR) is 173 cm³/mol. The Bertz CT molecular complexity index is 1880. The monoisotopic (exact) mass is 644 g/mol. The maximum absolute atomic E-state index is 17.0. The lowest BCUT2D eigenvalue weighted by Gasteiger charge is -2.42. The van der Waals surface area contributed by atoms with Gasteiger partial charge >= 0.3 is 12.1 Å². The van der Waals surface area contributed by atoms with Crippen molar-refractivity contribution in [1.29, 1.82) is 0 Å². The first-order valence-corrected chi connectivity index (χ1v) is 16.5. The summed E-state index contributed by atoms with van der Waals surface area (Å²) in [6.07, 6.45) is 4.91. The summed E-state index contributed by atoms with van der Waals surface area (Å²) in [5, 5.41) is 15.3. The van der Waals surface area contributed by atoms with E-state index in [1.54, 1.807) is 17.9 Å². The number of amides is 1. The predicted octanol–water partition coefficient (Wildman–Crippen LogP) is 5.68. The largest absolute Gasteiger partial charge is 0.508 e. The van der Waals surface area contributed by atoms with Crippen LogP contribution in [-0.2, 0) is 11.2 Å². The smallest absolute Gasteiger partial charge is 0.407 e. The third-order valence-corrected chi connectivity index (χ3v) is 10.4. The highest BCUT2D eigenvalue weighted by Crippen LogP contribution is 2.41. The number of hydrogen-bond acceptors (Lipinski definition) is 9. The fourth-order valence-electron chi connectivity index (χ4n) is 8.36. The lowest BCUT2D eigenvalue weighted by atomic mass is 9.90. The standard InChI is InChI=1S/C35H38F2N6O4/c1-34-16-23(36)18-42(19-34)31-26-17-38-29(28(37)30(26)39-32(40-31)47-20-35-9-4-11-43(35)12-5-10-35)25-15-24(44)14-22-7-2-6-21(27(22)25)8-3-13-46-33(45)41-34/h2,6-7,14-15,17,23,44H,3-5,8-13,16,18-20H2,1H3,(H,41,45). The second kappa shape index (κ2) is 11.4. The lowest BCUT2D eigenvalue weighted by molar-refractivity contribution is 0.107. The number of rotatable bonds is 3. The Morgan fingerprint density at radius 3 is 2.83 bits per heavy atom. The maximum atomic E-state index is 17.0. The summed E-state index contributed by atoms with van der Waals surface area (Å²) >= 11 is 0. The number of aromatic nitrogens is 3. The van der Waals surface area contributed by atoms with Crippen LogP contribution in [0.2, 0.25) is 0 Å². The summed E-state index contributed by atoms with van der Waals surface area (Å²) in [4.78, 5) is 31.1. The normalized spacial score (nSPS) is 24.4. The Morgan fingerprint density at radius 2 is 2.00 bits per heavy atom. The van der Waals surface area contributed by atoms with Crippen LogP contribution >= 0.6 is 0 Å². The highest BCUT2D eigenvalue weighted by atomic mass is 19.1. The van der Waals surface area contributed by atoms with Crippen molar-refractivity contribution >= 4 is 33.6 Å². The van der Waals surface area contributed by atoms with Gasteiger partial charge in [0.2, 0.25) is 0 Å². The summed E-state index contributed by atoms with van der Waals surface area (Å²) in [6.45, 7) is 4.52. The van der Waals surface area contributed by atoms with Crippen LogP contribution in [0.15, 0.2) is 36.5 Å². The van der Waals surface area contributed by atoms with Gasteiger partial charge in [-0.3, -0.25) is 9.88 Å². The van der Waals surface area contributed by atoms with Gasteiger partial charge in [-0.1, -0.05) is 18.2 Å². The molecule has 246 valence electrons. The highest BCUT2D eigenvalue weighted by Gasteiger charge is 2.45. The molecule has 1 amide bonds. The molecule has 2 unspecified atom stereocenters. The molecule has 0 spiro atoms. The number of ether oxygens (including phenoxy) is 2. The summed E-state index contributed by atoms with van der Waals surface area (Å²) < 4.78 is 44.3. The Labute approximate surface area is 271 Å². The number of phenols is 1. The number of nitrogens with one attached hydrogen (secondary N) is 1. The van der Waals surface area contributed by atoms with E-state index in [4.69, 9.17) is 14.5 Å². The Morgan fingerprint density at radius 1 is 1.17 bits per heavy atom. The Balaban J connectivity index is 1.32. The van der Waals surface area contributed by atoms with Crippen LogP contribution in [0.3, 0.4) is 0 Å². The molecular formula is C35H38F2N6O4. The quantitative estimate of drug-likeness (QED) is 0.291. The van der Waals surface area contributed by atoms with Crippen molar-refractivity contribution in [2.45, 2.75) is 69.1 Å². The zero-order chi connectivity index (χ0) is 32.3. The molecule has 47 heavy (non-hydrogen) atoms. The van der Waals surface area contributed by atoms with Crippen LogP contribution in [0.5, 0.6) is 11.8 Å². The van der Waals surface area contributed by atoms with E-state index >= 15 is 8.78 Å². The molecule has 10 nitrogen and oxygen atoms in total. The zero-order valence-electron chi connectivity index (χ0n) is 26.4. The number of phenolic OH excluding ortho intramolecular Hbond substituents is 1. The van der Waals surface area contributed by atoms with Crippen molar-refractivity contribution in [1.82, 2.24) is 25.2 Å². The summed E-state index contributed by atoms with van der Waals surface area (Å²) in [6, 6.07) is 8.83. The maximum Gasteiger partial charge on any atom is 0.407 e. The van der Waals surface area contributed by atoms with Gasteiger partial charge in [-0.15, -0.1) is 0 Å². The molecule has 2 N–H and O–H groups in total. The van der Waals surface area contributed by atoms with Gasteiger partial charge in [0.1, 0.15) is 35.6 Å². The van der Waals surface area contributed by atoms with E-state index in [0.29, 0.717) is 30.4 Å². The molecule has 3 fully saturated rings. The third kappa shape index (κ3) is 5.36. The molecule has 9 rings (SSSR count). The average Bonchev–Trinajstić information content (AvgIpc) is 3.61. The minimum Gasteiger partial charge on any atom is -0.508 e. The van der Waals surface area contributed by atoms with Crippen molar-refractivity contribution in [3.63, 3.8) is 0 Å². The first kappa shape index (κ1) is 30.0. The average molecular weight is 645 g/mol. The number of aromatic hydroxyl groups is 1. The zero-order valence-corrected chi connectivity index (χ0v) is 26.4. The van der Waals surface area contributed by atoms with Gasteiger partial charge in [0.15, 0.2) is 5.82 Å². The molecule has 3 saturated heterocycles. The minimum atomic E-state index is -1.30. The number of pyridine rings is 1. The number of piperidine rings is 1. The molecule has 2 atom stereocenters. The van der Waals surface area contributed by atoms with Crippen LogP contribution in [0, 0.1) is 5.82 Å².